The van der Waals surface area contributed by atoms with E-state index in [1.807, 2.05) is 30.3 Å². The van der Waals surface area contributed by atoms with E-state index in [1.165, 1.54) is 12.7 Å². The lowest BCUT2D eigenvalue weighted by Gasteiger charge is -2.25. The molecule has 2 aromatic carbocycles. The number of hydrogen-bond donors (Lipinski definition) is 2. The van der Waals surface area contributed by atoms with Gasteiger partial charge < -0.3 is 34.1 Å². The van der Waals surface area contributed by atoms with Crippen LogP contribution in [-0.4, -0.2) is 67.1 Å². The summed E-state index contributed by atoms with van der Waals surface area (Å²) in [7, 11) is -4.40. The minimum atomic E-state index is -4.40. The fourth-order valence-electron chi connectivity index (χ4n) is 5.13. The number of carbonyl (C=O) groups excluding carboxylic acids is 1. The molecule has 6 rings (SSSR count). The molecular weight excluding hydrogens is 565 g/mol. The molecule has 0 radical (unpaired) electrons. The van der Waals surface area contributed by atoms with Gasteiger partial charge in [-0.05, 0) is 31.5 Å². The van der Waals surface area contributed by atoms with Crippen LogP contribution < -0.4 is 10.5 Å². The second-order valence-electron chi connectivity index (χ2n) is 10.5. The van der Waals surface area contributed by atoms with Crippen molar-refractivity contribution in [3.63, 3.8) is 0 Å². The van der Waals surface area contributed by atoms with Crippen LogP contribution in [0.25, 0.3) is 11.2 Å². The number of aromatic nitrogens is 4. The maximum Gasteiger partial charge on any atom is 0.335 e. The standard InChI is InChI=1S/C28H30N5O8P/c1-28(2)40-23-21(39-27(24(23)41-28)33-16-32-22-25(29)30-15-31-26(22)33)13-38-42(35,36)14-19(34)18-10-6-7-11-20(18)37-12-17-8-4-3-5-9-17/h3-11,15-16,21,23-24,27H,12-14H2,1-2H3,(H,35,36)(H2,29,30,31)/t21-,23-,24-,27-/m1/s1. The number of carbonyl (C=O) groups is 1. The Labute approximate surface area is 241 Å². The Hall–Kier alpha value is -3.71. The maximum absolute atomic E-state index is 13.1. The summed E-state index contributed by atoms with van der Waals surface area (Å²) in [6.45, 7) is 3.44. The zero-order chi connectivity index (χ0) is 29.5. The first-order chi connectivity index (χ1) is 20.1. The Kier molecular flexibility index (Phi) is 7.56. The third-order valence-corrected chi connectivity index (χ3v) is 8.23. The van der Waals surface area contributed by atoms with Crippen molar-refractivity contribution in [3.05, 3.63) is 78.4 Å². The quantitative estimate of drug-likeness (QED) is 0.202. The molecular formula is C28H30N5O8P. The molecule has 2 fully saturated rings. The second kappa shape index (κ2) is 11.2. The number of ketones is 1. The number of Topliss-reactive ketones (excluding diaryl/α,β-unsaturated/α-hetero) is 1. The molecule has 0 aliphatic carbocycles. The van der Waals surface area contributed by atoms with Gasteiger partial charge in [-0.2, -0.15) is 0 Å². The lowest BCUT2D eigenvalue weighted by molar-refractivity contribution is -0.199. The summed E-state index contributed by atoms with van der Waals surface area (Å²) in [4.78, 5) is 36.3. The van der Waals surface area contributed by atoms with Gasteiger partial charge in [0, 0.05) is 0 Å². The van der Waals surface area contributed by atoms with Crippen LogP contribution in [0.1, 0.15) is 36.0 Å². The number of fused-ring (bicyclic) bond motifs is 2. The largest absolute Gasteiger partial charge is 0.488 e. The predicted octanol–water partition coefficient (Wildman–Crippen LogP) is 3.49. The number of hydrogen-bond acceptors (Lipinski definition) is 11. The van der Waals surface area contributed by atoms with Crippen LogP contribution in [0.15, 0.2) is 67.3 Å². The van der Waals surface area contributed by atoms with Crippen LogP contribution in [0.3, 0.4) is 0 Å². The number of ether oxygens (including phenoxy) is 4. The topological polar surface area (TPSA) is 170 Å². The van der Waals surface area contributed by atoms with Gasteiger partial charge in [-0.1, -0.05) is 42.5 Å². The third-order valence-electron chi connectivity index (χ3n) is 7.00. The minimum absolute atomic E-state index is 0.186. The summed E-state index contributed by atoms with van der Waals surface area (Å²) in [5, 5.41) is 0. The third kappa shape index (κ3) is 5.80. The number of rotatable bonds is 10. The molecule has 2 saturated heterocycles. The van der Waals surface area contributed by atoms with Gasteiger partial charge in [-0.25, -0.2) is 15.0 Å². The van der Waals surface area contributed by atoms with Crippen molar-refractivity contribution < 1.29 is 37.7 Å². The summed E-state index contributed by atoms with van der Waals surface area (Å²) < 4.78 is 44.4. The van der Waals surface area contributed by atoms with Crippen molar-refractivity contribution in [2.75, 3.05) is 18.5 Å². The normalized spacial score (nSPS) is 24.4. The van der Waals surface area contributed by atoms with E-state index in [2.05, 4.69) is 15.0 Å². The van der Waals surface area contributed by atoms with E-state index in [0.717, 1.165) is 5.56 Å². The molecule has 13 nitrogen and oxygen atoms in total. The van der Waals surface area contributed by atoms with E-state index in [9.17, 15) is 14.3 Å². The fourth-order valence-corrected chi connectivity index (χ4v) is 6.14. The van der Waals surface area contributed by atoms with Gasteiger partial charge in [-0.15, -0.1) is 0 Å². The number of benzene rings is 2. The van der Waals surface area contributed by atoms with Crippen molar-refractivity contribution >= 4 is 30.4 Å². The first-order valence-corrected chi connectivity index (χ1v) is 15.1. The summed E-state index contributed by atoms with van der Waals surface area (Å²) in [5.74, 6) is -0.999. The zero-order valence-electron chi connectivity index (χ0n) is 22.9. The van der Waals surface area contributed by atoms with Crippen LogP contribution in [0.2, 0.25) is 0 Å². The van der Waals surface area contributed by atoms with Crippen LogP contribution in [0.4, 0.5) is 5.82 Å². The highest BCUT2D eigenvalue weighted by atomic mass is 31.2. The van der Waals surface area contributed by atoms with E-state index in [-0.39, 0.29) is 24.6 Å². The van der Waals surface area contributed by atoms with Gasteiger partial charge >= 0.3 is 7.60 Å². The van der Waals surface area contributed by atoms with Crippen LogP contribution >= 0.6 is 7.60 Å². The molecule has 4 aromatic rings. The van der Waals surface area contributed by atoms with Crippen molar-refractivity contribution in [2.45, 2.75) is 50.8 Å². The Morgan fingerprint density at radius 2 is 1.81 bits per heavy atom. The molecule has 2 aromatic heterocycles. The van der Waals surface area contributed by atoms with Crippen molar-refractivity contribution in [1.29, 1.82) is 0 Å². The van der Waals surface area contributed by atoms with E-state index < -0.39 is 49.9 Å². The first kappa shape index (κ1) is 28.4. The van der Waals surface area contributed by atoms with Crippen molar-refractivity contribution in [2.24, 2.45) is 0 Å². The van der Waals surface area contributed by atoms with Crippen LogP contribution in [0, 0.1) is 0 Å². The highest BCUT2D eigenvalue weighted by Crippen LogP contribution is 2.47. The smallest absolute Gasteiger partial charge is 0.335 e. The lowest BCUT2D eigenvalue weighted by atomic mass is 10.1. The number of anilines is 1. The van der Waals surface area contributed by atoms with Gasteiger partial charge in [0.15, 0.2) is 29.3 Å². The van der Waals surface area contributed by atoms with E-state index >= 15 is 0 Å². The molecule has 0 amide bonds. The summed E-state index contributed by atoms with van der Waals surface area (Å²) in [6.07, 6.45) is -0.674. The van der Waals surface area contributed by atoms with Crippen molar-refractivity contribution in [1.82, 2.24) is 19.5 Å². The van der Waals surface area contributed by atoms with Gasteiger partial charge in [0.2, 0.25) is 0 Å². The van der Waals surface area contributed by atoms with Crippen LogP contribution in [0.5, 0.6) is 5.75 Å². The van der Waals surface area contributed by atoms with Gasteiger partial charge in [0.1, 0.15) is 48.7 Å². The number of nitrogens with zero attached hydrogens (tertiary/aromatic N) is 4. The molecule has 0 saturated carbocycles. The molecule has 3 N–H and O–H groups in total. The Morgan fingerprint density at radius 1 is 1.07 bits per heavy atom. The monoisotopic (exact) mass is 595 g/mol. The van der Waals surface area contributed by atoms with Gasteiger partial charge in [0.25, 0.3) is 0 Å². The summed E-state index contributed by atoms with van der Waals surface area (Å²) >= 11 is 0. The summed E-state index contributed by atoms with van der Waals surface area (Å²) in [5.41, 5.74) is 7.89. The molecule has 1 unspecified atom stereocenters. The number of imidazole rings is 1. The average molecular weight is 596 g/mol. The maximum atomic E-state index is 13.1. The first-order valence-electron chi connectivity index (χ1n) is 13.3. The number of para-hydroxylation sites is 1. The van der Waals surface area contributed by atoms with Crippen LogP contribution in [-0.2, 0) is 29.9 Å². The molecule has 220 valence electrons. The molecule has 0 bridgehead atoms. The molecule has 2 aliphatic heterocycles. The minimum Gasteiger partial charge on any atom is -0.488 e. The predicted molar refractivity (Wildman–Crippen MR) is 150 cm³/mol. The van der Waals surface area contributed by atoms with E-state index in [1.54, 1.807) is 42.7 Å². The van der Waals surface area contributed by atoms with Gasteiger partial charge in [-0.3, -0.25) is 13.9 Å². The van der Waals surface area contributed by atoms with Crippen molar-refractivity contribution in [3.8, 4) is 5.75 Å². The number of nitrogen functional groups attached to an aromatic ring is 1. The second-order valence-corrected chi connectivity index (χ2v) is 12.3. The highest BCUT2D eigenvalue weighted by Gasteiger charge is 2.56. The SMILES string of the molecule is CC1(C)O[C@@H]2[C@H](O1)[C@@H](COP(=O)(O)CC(=O)c1ccccc1OCc1ccccc1)O[C@H]2n1cnc2c(N)ncnc21. The fraction of sp³-hybridized carbons (Fsp3) is 0.357. The number of nitrogens with two attached hydrogens (primary N) is 1. The Balaban J connectivity index is 1.14. The average Bonchev–Trinajstić information content (AvgIpc) is 3.62. The highest BCUT2D eigenvalue weighted by molar-refractivity contribution is 7.53. The Bertz CT molecular complexity index is 1650. The molecule has 5 atom stereocenters. The molecule has 42 heavy (non-hydrogen) atoms. The molecule has 0 spiro atoms. The summed E-state index contributed by atoms with van der Waals surface area (Å²) in [6, 6.07) is 16.1. The molecule has 4 heterocycles. The van der Waals surface area contributed by atoms with E-state index in [4.69, 9.17) is 29.2 Å². The lowest BCUT2D eigenvalue weighted by Crippen LogP contribution is -2.32. The van der Waals surface area contributed by atoms with E-state index in [0.29, 0.717) is 16.9 Å². The molecule has 14 heteroatoms. The zero-order valence-corrected chi connectivity index (χ0v) is 23.8. The molecule has 2 aliphatic rings. The van der Waals surface area contributed by atoms with Gasteiger partial charge in [0.05, 0.1) is 18.5 Å². The Morgan fingerprint density at radius 3 is 2.62 bits per heavy atom.